The molecule has 66 valence electrons. The Morgan fingerprint density at radius 2 is 2.08 bits per heavy atom. The van der Waals surface area contributed by atoms with E-state index >= 15 is 0 Å². The van der Waals surface area contributed by atoms with Gasteiger partial charge in [0.05, 0.1) is 5.71 Å². The van der Waals surface area contributed by atoms with Crippen molar-refractivity contribution in [3.8, 4) is 0 Å². The van der Waals surface area contributed by atoms with Crippen molar-refractivity contribution < 1.29 is 4.84 Å². The van der Waals surface area contributed by atoms with Crippen molar-refractivity contribution in [2.45, 2.75) is 38.7 Å². The van der Waals surface area contributed by atoms with Gasteiger partial charge in [-0.15, -0.1) is 0 Å². The lowest BCUT2D eigenvalue weighted by molar-refractivity contribution is 0.0538. The third-order valence-electron chi connectivity index (χ3n) is 2.75. The van der Waals surface area contributed by atoms with Crippen LogP contribution in [0.15, 0.2) is 17.3 Å². The highest BCUT2D eigenvalue weighted by atomic mass is 16.6. The Bertz CT molecular complexity index is 220. The lowest BCUT2D eigenvalue weighted by atomic mass is 9.89. The molecule has 0 aromatic carbocycles. The predicted octanol–water partition coefficient (Wildman–Crippen LogP) is 2.51. The summed E-state index contributed by atoms with van der Waals surface area (Å²) in [6.07, 6.45) is 9.56. The summed E-state index contributed by atoms with van der Waals surface area (Å²) in [5.74, 6) is 0.593. The first-order valence-corrected chi connectivity index (χ1v) is 4.73. The summed E-state index contributed by atoms with van der Waals surface area (Å²) >= 11 is 0. The Hall–Kier alpha value is -0.790. The number of fused-ring (bicyclic) bond motifs is 1. The van der Waals surface area contributed by atoms with Gasteiger partial charge in [0.1, 0.15) is 6.10 Å². The third kappa shape index (κ3) is 1.38. The molecule has 0 N–H and O–H groups in total. The van der Waals surface area contributed by atoms with Gasteiger partial charge in [-0.3, -0.25) is 0 Å². The Kier molecular flexibility index (Phi) is 2.15. The van der Waals surface area contributed by atoms with Crippen molar-refractivity contribution in [2.75, 3.05) is 0 Å². The van der Waals surface area contributed by atoms with E-state index in [2.05, 4.69) is 24.2 Å². The van der Waals surface area contributed by atoms with Gasteiger partial charge >= 0.3 is 0 Å². The minimum Gasteiger partial charge on any atom is -0.392 e. The molecule has 0 aromatic heterocycles. The second-order valence-electron chi connectivity index (χ2n) is 3.61. The third-order valence-corrected chi connectivity index (χ3v) is 2.75. The van der Waals surface area contributed by atoms with Gasteiger partial charge < -0.3 is 4.84 Å². The summed E-state index contributed by atoms with van der Waals surface area (Å²) in [6, 6.07) is 0. The van der Waals surface area contributed by atoms with Crippen LogP contribution in [0.3, 0.4) is 0 Å². The van der Waals surface area contributed by atoms with Crippen LogP contribution < -0.4 is 0 Å². The maximum atomic E-state index is 5.36. The maximum absolute atomic E-state index is 5.36. The topological polar surface area (TPSA) is 21.6 Å². The van der Waals surface area contributed by atoms with E-state index < -0.39 is 0 Å². The van der Waals surface area contributed by atoms with Crippen LogP contribution >= 0.6 is 0 Å². The highest BCUT2D eigenvalue weighted by Crippen LogP contribution is 2.28. The quantitative estimate of drug-likeness (QED) is 0.505. The Morgan fingerprint density at radius 3 is 2.92 bits per heavy atom. The van der Waals surface area contributed by atoms with E-state index in [1.165, 1.54) is 18.6 Å². The second kappa shape index (κ2) is 3.30. The zero-order valence-electron chi connectivity index (χ0n) is 7.49. The van der Waals surface area contributed by atoms with Crippen LogP contribution in [-0.2, 0) is 4.84 Å². The molecule has 2 heteroatoms. The number of hydrogen-bond acceptors (Lipinski definition) is 2. The van der Waals surface area contributed by atoms with Crippen molar-refractivity contribution in [1.82, 2.24) is 0 Å². The summed E-state index contributed by atoms with van der Waals surface area (Å²) in [5, 5.41) is 4.05. The minimum absolute atomic E-state index is 0.370. The maximum Gasteiger partial charge on any atom is 0.136 e. The highest BCUT2D eigenvalue weighted by Gasteiger charge is 2.30. The fourth-order valence-corrected chi connectivity index (χ4v) is 1.98. The van der Waals surface area contributed by atoms with Gasteiger partial charge in [-0.25, -0.2) is 0 Å². The van der Waals surface area contributed by atoms with E-state index in [0.717, 1.165) is 12.8 Å². The Labute approximate surface area is 73.3 Å². The van der Waals surface area contributed by atoms with E-state index in [1.807, 2.05) is 0 Å². The van der Waals surface area contributed by atoms with Crippen molar-refractivity contribution in [1.29, 1.82) is 0 Å². The lowest BCUT2D eigenvalue weighted by Gasteiger charge is -2.17. The summed E-state index contributed by atoms with van der Waals surface area (Å²) in [7, 11) is 0. The smallest absolute Gasteiger partial charge is 0.136 e. The second-order valence-corrected chi connectivity index (χ2v) is 3.61. The number of hydrogen-bond donors (Lipinski definition) is 0. The molecule has 2 rings (SSSR count). The van der Waals surface area contributed by atoms with Crippen LogP contribution in [0.25, 0.3) is 0 Å². The minimum atomic E-state index is 0.370. The molecule has 12 heavy (non-hydrogen) atoms. The van der Waals surface area contributed by atoms with Crippen LogP contribution in [0.5, 0.6) is 0 Å². The van der Waals surface area contributed by atoms with Crippen molar-refractivity contribution >= 4 is 5.71 Å². The van der Waals surface area contributed by atoms with E-state index in [0.29, 0.717) is 12.0 Å². The first kappa shape index (κ1) is 7.84. The molecule has 0 saturated carbocycles. The van der Waals surface area contributed by atoms with Crippen LogP contribution in [0.1, 0.15) is 32.6 Å². The summed E-state index contributed by atoms with van der Waals surface area (Å²) in [5.41, 5.74) is 1.19. The first-order chi connectivity index (χ1) is 5.88. The van der Waals surface area contributed by atoms with Gasteiger partial charge in [-0.05, 0) is 32.6 Å². The van der Waals surface area contributed by atoms with Crippen LogP contribution in [-0.4, -0.2) is 11.8 Å². The van der Waals surface area contributed by atoms with Gasteiger partial charge in [0, 0.05) is 5.92 Å². The summed E-state index contributed by atoms with van der Waals surface area (Å²) in [6.45, 7) is 2.08. The molecule has 0 bridgehead atoms. The summed E-state index contributed by atoms with van der Waals surface area (Å²) < 4.78 is 0. The van der Waals surface area contributed by atoms with Crippen LogP contribution in [0.2, 0.25) is 0 Å². The highest BCUT2D eigenvalue weighted by molar-refractivity contribution is 5.85. The molecule has 0 amide bonds. The molecule has 2 aliphatic rings. The molecule has 0 spiro atoms. The van der Waals surface area contributed by atoms with Crippen LogP contribution in [0.4, 0.5) is 0 Å². The molecule has 2 atom stereocenters. The molecular formula is C10H15NO. The molecule has 1 aliphatic heterocycles. The van der Waals surface area contributed by atoms with Crippen molar-refractivity contribution in [3.05, 3.63) is 12.2 Å². The average Bonchev–Trinajstić information content (AvgIpc) is 2.31. The van der Waals surface area contributed by atoms with Crippen LogP contribution in [0, 0.1) is 5.92 Å². The number of allylic oxidation sites excluding steroid dienone is 2. The van der Waals surface area contributed by atoms with Gasteiger partial charge in [0.15, 0.2) is 0 Å². The Morgan fingerprint density at radius 1 is 1.33 bits per heavy atom. The fraction of sp³-hybridized carbons (Fsp3) is 0.700. The van der Waals surface area contributed by atoms with Gasteiger partial charge in [-0.1, -0.05) is 17.3 Å². The zero-order chi connectivity index (χ0) is 8.39. The standard InChI is InChI=1S/C10H15NO/c1-8-9-6-4-2-3-5-7-10(9)12-11-8/h2-3,9-10H,4-7H2,1H3/t9-,10+/m0/s1. The fourth-order valence-electron chi connectivity index (χ4n) is 1.98. The SMILES string of the molecule is CC1=NO[C@@H]2CCC=CCC[C@@H]12. The molecule has 0 saturated heterocycles. The number of oxime groups is 1. The summed E-state index contributed by atoms with van der Waals surface area (Å²) in [4.78, 5) is 5.36. The number of nitrogens with zero attached hydrogens (tertiary/aromatic N) is 1. The van der Waals surface area contributed by atoms with Crippen molar-refractivity contribution in [2.24, 2.45) is 11.1 Å². The van der Waals surface area contributed by atoms with E-state index in [-0.39, 0.29) is 0 Å². The molecule has 0 fully saturated rings. The molecule has 2 nitrogen and oxygen atoms in total. The van der Waals surface area contributed by atoms with E-state index in [1.54, 1.807) is 0 Å². The molecule has 1 heterocycles. The lowest BCUT2D eigenvalue weighted by Crippen LogP contribution is -2.22. The van der Waals surface area contributed by atoms with Gasteiger partial charge in [0.2, 0.25) is 0 Å². The molecular weight excluding hydrogens is 150 g/mol. The average molecular weight is 165 g/mol. The predicted molar refractivity (Wildman–Crippen MR) is 49.1 cm³/mol. The molecule has 0 radical (unpaired) electrons. The normalized spacial score (nSPS) is 34.6. The molecule has 1 aliphatic carbocycles. The molecule has 0 aromatic rings. The van der Waals surface area contributed by atoms with E-state index in [9.17, 15) is 0 Å². The van der Waals surface area contributed by atoms with E-state index in [4.69, 9.17) is 4.84 Å². The number of rotatable bonds is 0. The molecule has 0 unspecified atom stereocenters. The van der Waals surface area contributed by atoms with Gasteiger partial charge in [-0.2, -0.15) is 0 Å². The first-order valence-electron chi connectivity index (χ1n) is 4.73. The monoisotopic (exact) mass is 165 g/mol. The largest absolute Gasteiger partial charge is 0.392 e. The Balaban J connectivity index is 2.06. The zero-order valence-corrected chi connectivity index (χ0v) is 7.49. The van der Waals surface area contributed by atoms with Gasteiger partial charge in [0.25, 0.3) is 0 Å². The van der Waals surface area contributed by atoms with Crippen molar-refractivity contribution in [3.63, 3.8) is 0 Å².